The number of carbonyl (C=O) groups is 1. The molecular weight excluding hydrogens is 446 g/mol. The fraction of sp³-hybridized carbons (Fsp3) is 0.444. The third-order valence-electron chi connectivity index (χ3n) is 4.25. The predicted octanol–water partition coefficient (Wildman–Crippen LogP) is 3.60. The van der Waals surface area contributed by atoms with Gasteiger partial charge in [0.1, 0.15) is 10.8 Å². The Morgan fingerprint density at radius 2 is 1.79 bits per heavy atom. The van der Waals surface area contributed by atoms with Crippen molar-refractivity contribution in [2.45, 2.75) is 25.9 Å². The van der Waals surface area contributed by atoms with Crippen molar-refractivity contribution in [2.75, 3.05) is 26.2 Å². The zero-order valence-electron chi connectivity index (χ0n) is 15.5. The first-order valence-electron chi connectivity index (χ1n) is 8.47. The molecule has 1 aromatic heterocycles. The summed E-state index contributed by atoms with van der Waals surface area (Å²) in [6.07, 6.45) is 0.410. The Kier molecular flexibility index (Phi) is 12.1. The lowest BCUT2D eigenvalue weighted by Crippen LogP contribution is -2.49. The highest BCUT2D eigenvalue weighted by atomic mass is 35.5. The van der Waals surface area contributed by atoms with Crippen molar-refractivity contribution in [3.8, 4) is 10.6 Å². The lowest BCUT2D eigenvalue weighted by Gasteiger charge is -2.34. The first-order valence-corrected chi connectivity index (χ1v) is 9.35. The number of halogens is 4. The largest absolute Gasteiger partial charge is 0.340 e. The highest BCUT2D eigenvalue weighted by molar-refractivity contribution is 7.13. The van der Waals surface area contributed by atoms with Crippen LogP contribution in [0.25, 0.3) is 10.6 Å². The summed E-state index contributed by atoms with van der Waals surface area (Å²) in [7, 11) is 0. The van der Waals surface area contributed by atoms with Gasteiger partial charge in [-0.1, -0.05) is 0 Å². The minimum atomic E-state index is -0.239. The molecule has 0 radical (unpaired) electrons. The van der Waals surface area contributed by atoms with Crippen LogP contribution in [0.2, 0.25) is 0 Å². The van der Waals surface area contributed by atoms with E-state index < -0.39 is 0 Å². The van der Waals surface area contributed by atoms with Crippen molar-refractivity contribution < 1.29 is 9.18 Å². The van der Waals surface area contributed by atoms with E-state index in [1.807, 2.05) is 17.2 Å². The fourth-order valence-corrected chi connectivity index (χ4v) is 3.71. The van der Waals surface area contributed by atoms with Crippen LogP contribution in [0.1, 0.15) is 19.0 Å². The van der Waals surface area contributed by atoms with Crippen LogP contribution in [0.4, 0.5) is 4.39 Å². The second-order valence-corrected chi connectivity index (χ2v) is 7.35. The predicted molar refractivity (Wildman–Crippen MR) is 119 cm³/mol. The van der Waals surface area contributed by atoms with E-state index >= 15 is 0 Å². The molecule has 0 spiro atoms. The highest BCUT2D eigenvalue weighted by Crippen LogP contribution is 2.24. The topological polar surface area (TPSA) is 62.5 Å². The van der Waals surface area contributed by atoms with Crippen molar-refractivity contribution in [3.05, 3.63) is 41.2 Å². The van der Waals surface area contributed by atoms with Gasteiger partial charge in [-0.3, -0.25) is 9.69 Å². The molecule has 158 valence electrons. The Balaban J connectivity index is 0.00000243. The molecule has 1 saturated heterocycles. The Bertz CT molecular complexity index is 722. The van der Waals surface area contributed by atoms with Gasteiger partial charge in [0.2, 0.25) is 5.91 Å². The van der Waals surface area contributed by atoms with Gasteiger partial charge in [-0.25, -0.2) is 9.37 Å². The molecule has 28 heavy (non-hydrogen) atoms. The quantitative estimate of drug-likeness (QED) is 0.724. The summed E-state index contributed by atoms with van der Waals surface area (Å²) in [5.41, 5.74) is 7.65. The van der Waals surface area contributed by atoms with Gasteiger partial charge in [0.15, 0.2) is 0 Å². The number of rotatable bonds is 5. The number of amides is 1. The summed E-state index contributed by atoms with van der Waals surface area (Å²) in [6.45, 7) is 5.78. The number of nitrogens with zero attached hydrogens (tertiary/aromatic N) is 3. The van der Waals surface area contributed by atoms with Crippen molar-refractivity contribution in [3.63, 3.8) is 0 Å². The third kappa shape index (κ3) is 7.46. The van der Waals surface area contributed by atoms with Crippen molar-refractivity contribution >= 4 is 54.5 Å². The number of carbonyl (C=O) groups excluding carboxylic acids is 1. The molecule has 1 atom stereocenters. The van der Waals surface area contributed by atoms with Gasteiger partial charge in [-0.2, -0.15) is 0 Å². The van der Waals surface area contributed by atoms with Crippen molar-refractivity contribution in [2.24, 2.45) is 5.73 Å². The monoisotopic (exact) mass is 470 g/mol. The lowest BCUT2D eigenvalue weighted by atomic mass is 10.2. The van der Waals surface area contributed by atoms with Gasteiger partial charge in [0.25, 0.3) is 0 Å². The Morgan fingerprint density at radius 3 is 2.36 bits per heavy atom. The van der Waals surface area contributed by atoms with Crippen LogP contribution in [0.15, 0.2) is 29.6 Å². The Labute approximate surface area is 187 Å². The molecule has 2 aromatic rings. The molecule has 3 rings (SSSR count). The highest BCUT2D eigenvalue weighted by Gasteiger charge is 2.22. The normalized spacial score (nSPS) is 15.0. The van der Waals surface area contributed by atoms with E-state index in [0.29, 0.717) is 6.42 Å². The van der Waals surface area contributed by atoms with Gasteiger partial charge >= 0.3 is 0 Å². The molecule has 0 aliphatic carbocycles. The van der Waals surface area contributed by atoms with E-state index in [-0.39, 0.29) is 55.0 Å². The second kappa shape index (κ2) is 12.6. The van der Waals surface area contributed by atoms with Crippen LogP contribution < -0.4 is 5.73 Å². The number of nitrogens with two attached hydrogens (primary N) is 1. The first-order chi connectivity index (χ1) is 12.0. The molecule has 2 heterocycles. The minimum Gasteiger partial charge on any atom is -0.340 e. The van der Waals surface area contributed by atoms with Gasteiger partial charge in [-0.15, -0.1) is 48.6 Å². The van der Waals surface area contributed by atoms with Crippen LogP contribution in [0.3, 0.4) is 0 Å². The van der Waals surface area contributed by atoms with E-state index in [2.05, 4.69) is 9.88 Å². The third-order valence-corrected chi connectivity index (χ3v) is 5.19. The molecule has 5 nitrogen and oxygen atoms in total. The number of benzene rings is 1. The smallest absolute Gasteiger partial charge is 0.224 e. The molecule has 0 bridgehead atoms. The van der Waals surface area contributed by atoms with Crippen LogP contribution >= 0.6 is 48.6 Å². The zero-order valence-corrected chi connectivity index (χ0v) is 18.8. The molecule has 1 aliphatic rings. The molecule has 10 heteroatoms. The van der Waals surface area contributed by atoms with Gasteiger partial charge in [0.05, 0.1) is 5.69 Å². The van der Waals surface area contributed by atoms with Gasteiger partial charge < -0.3 is 10.6 Å². The maximum atomic E-state index is 13.0. The van der Waals surface area contributed by atoms with Crippen molar-refractivity contribution in [1.82, 2.24) is 14.8 Å². The molecule has 0 saturated carbocycles. The first kappa shape index (κ1) is 27.0. The maximum Gasteiger partial charge on any atom is 0.224 e. The van der Waals surface area contributed by atoms with Crippen molar-refractivity contribution in [1.29, 1.82) is 0 Å². The fourth-order valence-electron chi connectivity index (χ4n) is 2.89. The summed E-state index contributed by atoms with van der Waals surface area (Å²) >= 11 is 1.57. The molecule has 1 amide bonds. The average molecular weight is 472 g/mol. The van der Waals surface area contributed by atoms with Gasteiger partial charge in [0, 0.05) is 56.1 Å². The molecule has 1 fully saturated rings. The lowest BCUT2D eigenvalue weighted by molar-refractivity contribution is -0.133. The molecular formula is C18H26Cl3FN4OS. The standard InChI is InChI=1S/C18H23FN4OS.3ClH/c1-13(20)10-17(24)23-8-6-22(7-9-23)11-16-12-25-18(21-16)14-2-4-15(19)5-3-14;;;/h2-5,12-13H,6-11,20H2,1H3;3*1H. The van der Waals surface area contributed by atoms with Crippen LogP contribution in [0, 0.1) is 5.82 Å². The number of hydrogen-bond donors (Lipinski definition) is 1. The van der Waals surface area contributed by atoms with E-state index in [9.17, 15) is 9.18 Å². The van der Waals surface area contributed by atoms with E-state index in [1.54, 1.807) is 23.5 Å². The minimum absolute atomic E-state index is 0. The molecule has 1 unspecified atom stereocenters. The summed E-state index contributed by atoms with van der Waals surface area (Å²) < 4.78 is 13.0. The average Bonchev–Trinajstić information content (AvgIpc) is 3.04. The van der Waals surface area contributed by atoms with Crippen LogP contribution in [0.5, 0.6) is 0 Å². The molecule has 2 N–H and O–H groups in total. The number of aromatic nitrogens is 1. The Morgan fingerprint density at radius 1 is 1.18 bits per heavy atom. The second-order valence-electron chi connectivity index (χ2n) is 6.49. The Hall–Kier alpha value is -0.960. The molecule has 1 aliphatic heterocycles. The zero-order chi connectivity index (χ0) is 17.8. The SMILES string of the molecule is CC(N)CC(=O)N1CCN(Cc2csc(-c3ccc(F)cc3)n2)CC1.Cl.Cl.Cl. The summed E-state index contributed by atoms with van der Waals surface area (Å²) in [4.78, 5) is 20.9. The number of hydrogen-bond acceptors (Lipinski definition) is 5. The van der Waals surface area contributed by atoms with E-state index in [4.69, 9.17) is 5.73 Å². The van der Waals surface area contributed by atoms with Crippen LogP contribution in [-0.2, 0) is 11.3 Å². The van der Waals surface area contributed by atoms with Gasteiger partial charge in [-0.05, 0) is 31.2 Å². The summed E-state index contributed by atoms with van der Waals surface area (Å²) in [5, 5.41) is 2.95. The molecule has 1 aromatic carbocycles. The van der Waals surface area contributed by atoms with E-state index in [1.165, 1.54) is 12.1 Å². The number of thiazole rings is 1. The van der Waals surface area contributed by atoms with E-state index in [0.717, 1.165) is 49.0 Å². The number of piperazine rings is 1. The maximum absolute atomic E-state index is 13.0. The summed E-state index contributed by atoms with van der Waals surface area (Å²) in [6, 6.07) is 6.32. The summed E-state index contributed by atoms with van der Waals surface area (Å²) in [5.74, 6) is -0.0983. The van der Waals surface area contributed by atoms with Crippen LogP contribution in [-0.4, -0.2) is 52.9 Å².